The minimum absolute atomic E-state index is 0.0818. The zero-order valence-corrected chi connectivity index (χ0v) is 11.5. The van der Waals surface area contributed by atoms with E-state index in [2.05, 4.69) is 10.4 Å². The number of carbonyl (C=O) groups is 1. The molecule has 2 heterocycles. The van der Waals surface area contributed by atoms with E-state index in [4.69, 9.17) is 9.47 Å². The molecule has 0 bridgehead atoms. The van der Waals surface area contributed by atoms with Gasteiger partial charge in [-0.15, -0.1) is 0 Å². The van der Waals surface area contributed by atoms with Gasteiger partial charge in [0.1, 0.15) is 5.69 Å². The van der Waals surface area contributed by atoms with Crippen LogP contribution < -0.4 is 10.9 Å². The molecular formula is C13H19N3O4. The predicted octanol–water partition coefficient (Wildman–Crippen LogP) is -0.201. The average molecular weight is 281 g/mol. The molecule has 0 aromatic carbocycles. The van der Waals surface area contributed by atoms with Gasteiger partial charge in [0, 0.05) is 26.3 Å². The van der Waals surface area contributed by atoms with Crippen LogP contribution in [-0.2, 0) is 16.0 Å². The highest BCUT2D eigenvalue weighted by Gasteiger charge is 2.17. The maximum Gasteiger partial charge on any atom is 0.271 e. The SMILES string of the molecule is COCCn1nc(C(=O)NCC2CCCO2)ccc1=O. The number of ether oxygens (including phenoxy) is 2. The van der Waals surface area contributed by atoms with Gasteiger partial charge < -0.3 is 14.8 Å². The van der Waals surface area contributed by atoms with Crippen LogP contribution in [0.15, 0.2) is 16.9 Å². The number of nitrogens with one attached hydrogen (secondary N) is 1. The van der Waals surface area contributed by atoms with E-state index in [0.717, 1.165) is 19.4 Å². The molecule has 1 amide bonds. The summed E-state index contributed by atoms with van der Waals surface area (Å²) < 4.78 is 11.6. The molecule has 0 spiro atoms. The first-order valence-corrected chi connectivity index (χ1v) is 6.67. The van der Waals surface area contributed by atoms with Crippen molar-refractivity contribution in [2.45, 2.75) is 25.5 Å². The first-order valence-electron chi connectivity index (χ1n) is 6.67. The molecule has 1 aromatic heterocycles. The van der Waals surface area contributed by atoms with Gasteiger partial charge in [-0.05, 0) is 18.9 Å². The van der Waals surface area contributed by atoms with E-state index < -0.39 is 0 Å². The molecule has 20 heavy (non-hydrogen) atoms. The van der Waals surface area contributed by atoms with Crippen LogP contribution >= 0.6 is 0 Å². The Morgan fingerprint density at radius 1 is 1.60 bits per heavy atom. The van der Waals surface area contributed by atoms with Crippen molar-refractivity contribution >= 4 is 5.91 Å². The smallest absolute Gasteiger partial charge is 0.271 e. The largest absolute Gasteiger partial charge is 0.383 e. The molecule has 2 rings (SSSR count). The van der Waals surface area contributed by atoms with E-state index >= 15 is 0 Å². The van der Waals surface area contributed by atoms with E-state index in [9.17, 15) is 9.59 Å². The standard InChI is InChI=1S/C13H19N3O4/c1-19-8-6-16-12(17)5-4-11(15-16)13(18)14-9-10-3-2-7-20-10/h4-5,10H,2-3,6-9H2,1H3,(H,14,18). The number of methoxy groups -OCH3 is 1. The Hall–Kier alpha value is -1.73. The predicted molar refractivity (Wildman–Crippen MR) is 71.7 cm³/mol. The minimum Gasteiger partial charge on any atom is -0.383 e. The fraction of sp³-hybridized carbons (Fsp3) is 0.615. The molecule has 110 valence electrons. The normalized spacial score (nSPS) is 18.1. The summed E-state index contributed by atoms with van der Waals surface area (Å²) in [7, 11) is 1.54. The number of hydrogen-bond acceptors (Lipinski definition) is 5. The second-order valence-corrected chi connectivity index (χ2v) is 4.62. The minimum atomic E-state index is -0.299. The summed E-state index contributed by atoms with van der Waals surface area (Å²) in [6.07, 6.45) is 2.07. The summed E-state index contributed by atoms with van der Waals surface area (Å²) in [5.41, 5.74) is -0.0311. The topological polar surface area (TPSA) is 82.5 Å². The van der Waals surface area contributed by atoms with Crippen molar-refractivity contribution < 1.29 is 14.3 Å². The number of rotatable bonds is 6. The van der Waals surface area contributed by atoms with Gasteiger partial charge in [-0.3, -0.25) is 9.59 Å². The molecule has 0 radical (unpaired) electrons. The molecule has 1 N–H and O–H groups in total. The van der Waals surface area contributed by atoms with E-state index in [0.29, 0.717) is 19.7 Å². The third-order valence-corrected chi connectivity index (χ3v) is 3.12. The Bertz CT molecular complexity index is 509. The summed E-state index contributed by atoms with van der Waals surface area (Å²) in [5.74, 6) is -0.299. The summed E-state index contributed by atoms with van der Waals surface area (Å²) in [4.78, 5) is 23.5. The van der Waals surface area contributed by atoms with Crippen molar-refractivity contribution in [2.75, 3.05) is 26.9 Å². The summed E-state index contributed by atoms with van der Waals surface area (Å²) in [5, 5.41) is 6.80. The Labute approximate surface area is 116 Å². The van der Waals surface area contributed by atoms with Crippen LogP contribution in [0.3, 0.4) is 0 Å². The number of nitrogens with zero attached hydrogens (tertiary/aromatic N) is 2. The van der Waals surface area contributed by atoms with Gasteiger partial charge in [0.15, 0.2) is 0 Å². The third-order valence-electron chi connectivity index (χ3n) is 3.12. The van der Waals surface area contributed by atoms with E-state index in [-0.39, 0.29) is 23.3 Å². The van der Waals surface area contributed by atoms with Gasteiger partial charge in [-0.25, -0.2) is 4.68 Å². The van der Waals surface area contributed by atoms with Gasteiger partial charge in [0.05, 0.1) is 19.3 Å². The first kappa shape index (κ1) is 14.7. The fourth-order valence-electron chi connectivity index (χ4n) is 2.01. The Morgan fingerprint density at radius 3 is 3.15 bits per heavy atom. The number of aromatic nitrogens is 2. The highest BCUT2D eigenvalue weighted by Crippen LogP contribution is 2.10. The van der Waals surface area contributed by atoms with Gasteiger partial charge >= 0.3 is 0 Å². The number of carbonyl (C=O) groups excluding carboxylic acids is 1. The number of amides is 1. The lowest BCUT2D eigenvalue weighted by molar-refractivity contribution is 0.0851. The van der Waals surface area contributed by atoms with Gasteiger partial charge in [-0.1, -0.05) is 0 Å². The molecule has 1 atom stereocenters. The van der Waals surface area contributed by atoms with Crippen molar-refractivity contribution in [1.82, 2.24) is 15.1 Å². The quantitative estimate of drug-likeness (QED) is 0.780. The zero-order valence-electron chi connectivity index (χ0n) is 11.5. The van der Waals surface area contributed by atoms with Crippen molar-refractivity contribution in [3.05, 3.63) is 28.2 Å². The van der Waals surface area contributed by atoms with Gasteiger partial charge in [0.2, 0.25) is 0 Å². The van der Waals surface area contributed by atoms with Crippen molar-refractivity contribution in [3.63, 3.8) is 0 Å². The molecule has 1 fully saturated rings. The van der Waals surface area contributed by atoms with Crippen LogP contribution in [0, 0.1) is 0 Å². The molecule has 1 aliphatic heterocycles. The van der Waals surface area contributed by atoms with Crippen LogP contribution in [0.1, 0.15) is 23.3 Å². The van der Waals surface area contributed by atoms with E-state index in [1.165, 1.54) is 16.8 Å². The lowest BCUT2D eigenvalue weighted by Gasteiger charge is -2.11. The summed E-state index contributed by atoms with van der Waals surface area (Å²) >= 11 is 0. The second kappa shape index (κ2) is 7.16. The van der Waals surface area contributed by atoms with Gasteiger partial charge in [-0.2, -0.15) is 5.10 Å². The molecule has 1 unspecified atom stereocenters. The molecule has 1 aromatic rings. The van der Waals surface area contributed by atoms with Crippen LogP contribution in [-0.4, -0.2) is 48.7 Å². The molecule has 1 aliphatic rings. The summed E-state index contributed by atoms with van der Waals surface area (Å²) in [6, 6.07) is 2.76. The third kappa shape index (κ3) is 3.88. The average Bonchev–Trinajstić information content (AvgIpc) is 2.97. The highest BCUT2D eigenvalue weighted by atomic mass is 16.5. The van der Waals surface area contributed by atoms with Crippen LogP contribution in [0.25, 0.3) is 0 Å². The Balaban J connectivity index is 1.96. The van der Waals surface area contributed by atoms with Crippen molar-refractivity contribution in [1.29, 1.82) is 0 Å². The van der Waals surface area contributed by atoms with Crippen molar-refractivity contribution in [3.8, 4) is 0 Å². The lowest BCUT2D eigenvalue weighted by atomic mass is 10.2. The highest BCUT2D eigenvalue weighted by molar-refractivity contribution is 5.91. The van der Waals surface area contributed by atoms with Crippen LogP contribution in [0.2, 0.25) is 0 Å². The maximum absolute atomic E-state index is 12.0. The zero-order chi connectivity index (χ0) is 14.4. The monoisotopic (exact) mass is 281 g/mol. The lowest BCUT2D eigenvalue weighted by Crippen LogP contribution is -2.34. The second-order valence-electron chi connectivity index (χ2n) is 4.62. The molecule has 0 saturated carbocycles. The van der Waals surface area contributed by atoms with Crippen molar-refractivity contribution in [2.24, 2.45) is 0 Å². The molecular weight excluding hydrogens is 262 g/mol. The first-order chi connectivity index (χ1) is 9.70. The molecule has 0 aliphatic carbocycles. The molecule has 7 heteroatoms. The fourth-order valence-corrected chi connectivity index (χ4v) is 2.01. The Morgan fingerprint density at radius 2 is 2.45 bits per heavy atom. The Kier molecular flexibility index (Phi) is 5.25. The summed E-state index contributed by atoms with van der Waals surface area (Å²) in [6.45, 7) is 1.91. The maximum atomic E-state index is 12.0. The van der Waals surface area contributed by atoms with Gasteiger partial charge in [0.25, 0.3) is 11.5 Å². The van der Waals surface area contributed by atoms with Crippen LogP contribution in [0.5, 0.6) is 0 Å². The molecule has 1 saturated heterocycles. The number of hydrogen-bond donors (Lipinski definition) is 1. The molecule has 7 nitrogen and oxygen atoms in total. The van der Waals surface area contributed by atoms with E-state index in [1.54, 1.807) is 7.11 Å². The van der Waals surface area contributed by atoms with E-state index in [1.807, 2.05) is 0 Å². The van der Waals surface area contributed by atoms with Crippen LogP contribution in [0.4, 0.5) is 0 Å².